The molecule has 2 heterocycles. The van der Waals surface area contributed by atoms with Crippen LogP contribution in [0.1, 0.15) is 17.7 Å². The van der Waals surface area contributed by atoms with E-state index >= 15 is 0 Å². The Morgan fingerprint density at radius 3 is 3.00 bits per heavy atom. The second-order valence-electron chi connectivity index (χ2n) is 4.95. The van der Waals surface area contributed by atoms with Gasteiger partial charge in [0.05, 0.1) is 29.6 Å². The number of anilines is 1. The molecule has 2 aromatic rings. The van der Waals surface area contributed by atoms with Gasteiger partial charge in [-0.25, -0.2) is 0 Å². The molecule has 0 atom stereocenters. The molecule has 5 heteroatoms. The van der Waals surface area contributed by atoms with Crippen molar-refractivity contribution >= 4 is 17.3 Å². The Hall–Kier alpha value is -1.94. The predicted octanol–water partition coefficient (Wildman–Crippen LogP) is 3.82. The van der Waals surface area contributed by atoms with Gasteiger partial charge >= 0.3 is 0 Å². The quantitative estimate of drug-likeness (QED) is 0.936. The molecule has 1 aromatic carbocycles. The summed E-state index contributed by atoms with van der Waals surface area (Å²) in [6, 6.07) is 7.81. The van der Waals surface area contributed by atoms with Crippen molar-refractivity contribution in [2.75, 3.05) is 18.5 Å². The highest BCUT2D eigenvalue weighted by Crippen LogP contribution is 2.38. The van der Waals surface area contributed by atoms with Crippen molar-refractivity contribution < 1.29 is 9.47 Å². The van der Waals surface area contributed by atoms with Gasteiger partial charge in [0.1, 0.15) is 0 Å². The van der Waals surface area contributed by atoms with Crippen molar-refractivity contribution in [1.29, 1.82) is 0 Å². The second kappa shape index (κ2) is 6.22. The molecular formula is C16H17ClN2O2. The molecule has 3 rings (SSSR count). The maximum absolute atomic E-state index is 6.29. The van der Waals surface area contributed by atoms with Crippen LogP contribution in [-0.2, 0) is 6.54 Å². The molecule has 0 spiro atoms. The van der Waals surface area contributed by atoms with Crippen LogP contribution in [0.25, 0.3) is 0 Å². The van der Waals surface area contributed by atoms with E-state index in [0.29, 0.717) is 30.5 Å². The standard InChI is InChI=1S/C16H17ClN2O2/c1-11-14(4-2-5-18-11)19-10-12-8-13(17)16-15(9-12)20-6-3-7-21-16/h2,4-5,8-9,19H,3,6-7,10H2,1H3. The van der Waals surface area contributed by atoms with Crippen LogP contribution in [0.2, 0.25) is 5.02 Å². The number of halogens is 1. The van der Waals surface area contributed by atoms with E-state index in [1.54, 1.807) is 6.20 Å². The van der Waals surface area contributed by atoms with Crippen LogP contribution in [0.5, 0.6) is 11.5 Å². The number of pyridine rings is 1. The average Bonchev–Trinajstić information content (AvgIpc) is 2.72. The number of hydrogen-bond acceptors (Lipinski definition) is 4. The lowest BCUT2D eigenvalue weighted by atomic mass is 10.2. The Morgan fingerprint density at radius 1 is 1.29 bits per heavy atom. The molecule has 1 N–H and O–H groups in total. The molecule has 0 saturated heterocycles. The molecule has 21 heavy (non-hydrogen) atoms. The highest BCUT2D eigenvalue weighted by molar-refractivity contribution is 6.32. The van der Waals surface area contributed by atoms with E-state index in [0.717, 1.165) is 29.1 Å². The van der Waals surface area contributed by atoms with Gasteiger partial charge in [0.25, 0.3) is 0 Å². The summed E-state index contributed by atoms with van der Waals surface area (Å²) >= 11 is 6.29. The minimum Gasteiger partial charge on any atom is -0.489 e. The lowest BCUT2D eigenvalue weighted by Gasteiger charge is -2.13. The first-order chi connectivity index (χ1) is 10.2. The van der Waals surface area contributed by atoms with E-state index in [2.05, 4.69) is 10.3 Å². The van der Waals surface area contributed by atoms with Crippen molar-refractivity contribution in [3.05, 3.63) is 46.7 Å². The first kappa shape index (κ1) is 14.0. The third-order valence-electron chi connectivity index (χ3n) is 3.35. The van der Waals surface area contributed by atoms with Crippen LogP contribution in [0.15, 0.2) is 30.5 Å². The van der Waals surface area contributed by atoms with Crippen LogP contribution in [-0.4, -0.2) is 18.2 Å². The zero-order valence-electron chi connectivity index (χ0n) is 11.9. The molecule has 0 aliphatic carbocycles. The van der Waals surface area contributed by atoms with Gasteiger partial charge in [0.15, 0.2) is 11.5 Å². The summed E-state index contributed by atoms with van der Waals surface area (Å²) in [6.07, 6.45) is 2.65. The smallest absolute Gasteiger partial charge is 0.179 e. The zero-order valence-corrected chi connectivity index (χ0v) is 12.6. The molecule has 0 bridgehead atoms. The number of aromatic nitrogens is 1. The van der Waals surface area contributed by atoms with Crippen LogP contribution in [0.3, 0.4) is 0 Å². The Labute approximate surface area is 129 Å². The summed E-state index contributed by atoms with van der Waals surface area (Å²) in [5.74, 6) is 1.37. The fourth-order valence-corrected chi connectivity index (χ4v) is 2.54. The summed E-state index contributed by atoms with van der Waals surface area (Å²) in [6.45, 7) is 3.92. The fourth-order valence-electron chi connectivity index (χ4n) is 2.25. The molecule has 0 fully saturated rings. The molecular weight excluding hydrogens is 288 g/mol. The lowest BCUT2D eigenvalue weighted by Crippen LogP contribution is -2.03. The molecule has 110 valence electrons. The normalized spacial score (nSPS) is 13.6. The Bertz CT molecular complexity index is 646. The van der Waals surface area contributed by atoms with E-state index in [1.807, 2.05) is 31.2 Å². The SMILES string of the molecule is Cc1ncccc1NCc1cc(Cl)c2c(c1)OCCCO2. The largest absolute Gasteiger partial charge is 0.489 e. The van der Waals surface area contributed by atoms with Gasteiger partial charge in [-0.2, -0.15) is 0 Å². The van der Waals surface area contributed by atoms with Crippen molar-refractivity contribution in [2.24, 2.45) is 0 Å². The number of rotatable bonds is 3. The number of ether oxygens (including phenoxy) is 2. The molecule has 4 nitrogen and oxygen atoms in total. The maximum Gasteiger partial charge on any atom is 0.179 e. The van der Waals surface area contributed by atoms with Crippen molar-refractivity contribution in [3.8, 4) is 11.5 Å². The van der Waals surface area contributed by atoms with Gasteiger partial charge in [-0.15, -0.1) is 0 Å². The average molecular weight is 305 g/mol. The maximum atomic E-state index is 6.29. The molecule has 1 aliphatic rings. The monoisotopic (exact) mass is 304 g/mol. The summed E-state index contributed by atoms with van der Waals surface area (Å²) in [4.78, 5) is 4.26. The summed E-state index contributed by atoms with van der Waals surface area (Å²) in [7, 11) is 0. The number of aryl methyl sites for hydroxylation is 1. The minimum absolute atomic E-state index is 0.592. The third kappa shape index (κ3) is 3.22. The van der Waals surface area contributed by atoms with Gasteiger partial charge < -0.3 is 14.8 Å². The molecule has 0 saturated carbocycles. The number of benzene rings is 1. The summed E-state index contributed by atoms with van der Waals surface area (Å²) in [5, 5.41) is 3.95. The van der Waals surface area contributed by atoms with E-state index < -0.39 is 0 Å². The van der Waals surface area contributed by atoms with Crippen LogP contribution in [0.4, 0.5) is 5.69 Å². The van der Waals surface area contributed by atoms with Crippen molar-refractivity contribution in [1.82, 2.24) is 4.98 Å². The fraction of sp³-hybridized carbons (Fsp3) is 0.312. The minimum atomic E-state index is 0.592. The first-order valence-electron chi connectivity index (χ1n) is 6.97. The molecule has 0 amide bonds. The van der Waals surface area contributed by atoms with Gasteiger partial charge in [0, 0.05) is 19.2 Å². The van der Waals surface area contributed by atoms with Crippen LogP contribution < -0.4 is 14.8 Å². The highest BCUT2D eigenvalue weighted by Gasteiger charge is 2.15. The van der Waals surface area contributed by atoms with E-state index in [1.165, 1.54) is 0 Å². The molecule has 1 aliphatic heterocycles. The number of fused-ring (bicyclic) bond motifs is 1. The second-order valence-corrected chi connectivity index (χ2v) is 5.35. The van der Waals surface area contributed by atoms with E-state index in [4.69, 9.17) is 21.1 Å². The van der Waals surface area contributed by atoms with Gasteiger partial charge in [-0.05, 0) is 36.8 Å². The highest BCUT2D eigenvalue weighted by atomic mass is 35.5. The molecule has 0 unspecified atom stereocenters. The summed E-state index contributed by atoms with van der Waals surface area (Å²) in [5.41, 5.74) is 3.03. The van der Waals surface area contributed by atoms with Crippen molar-refractivity contribution in [2.45, 2.75) is 19.9 Å². The van der Waals surface area contributed by atoms with Gasteiger partial charge in [-0.3, -0.25) is 4.98 Å². The number of nitrogens with one attached hydrogen (secondary N) is 1. The Balaban J connectivity index is 1.79. The lowest BCUT2D eigenvalue weighted by molar-refractivity contribution is 0.297. The summed E-state index contributed by atoms with van der Waals surface area (Å²) < 4.78 is 11.3. The number of nitrogens with zero attached hydrogens (tertiary/aromatic N) is 1. The predicted molar refractivity (Wildman–Crippen MR) is 83.4 cm³/mol. The Kier molecular flexibility index (Phi) is 4.15. The van der Waals surface area contributed by atoms with Crippen molar-refractivity contribution in [3.63, 3.8) is 0 Å². The van der Waals surface area contributed by atoms with Gasteiger partial charge in [-0.1, -0.05) is 11.6 Å². The third-order valence-corrected chi connectivity index (χ3v) is 3.63. The Morgan fingerprint density at radius 2 is 2.14 bits per heavy atom. The topological polar surface area (TPSA) is 43.4 Å². The zero-order chi connectivity index (χ0) is 14.7. The van der Waals surface area contributed by atoms with E-state index in [9.17, 15) is 0 Å². The number of hydrogen-bond donors (Lipinski definition) is 1. The first-order valence-corrected chi connectivity index (χ1v) is 7.35. The molecule has 1 aromatic heterocycles. The van der Waals surface area contributed by atoms with Gasteiger partial charge in [0.2, 0.25) is 0 Å². The molecule has 0 radical (unpaired) electrons. The van der Waals surface area contributed by atoms with E-state index in [-0.39, 0.29) is 0 Å². The van der Waals surface area contributed by atoms with Crippen LogP contribution >= 0.6 is 11.6 Å². The van der Waals surface area contributed by atoms with Crippen LogP contribution in [0, 0.1) is 6.92 Å².